The van der Waals surface area contributed by atoms with E-state index in [1.54, 1.807) is 32.9 Å². The van der Waals surface area contributed by atoms with Gasteiger partial charge in [-0.25, -0.2) is 4.79 Å². The number of ether oxygens (including phenoxy) is 2. The molecule has 2 aliphatic heterocycles. The zero-order valence-corrected chi connectivity index (χ0v) is 21.2. The molecule has 2 rings (SSSR count). The molecule has 0 aromatic carbocycles. The van der Waals surface area contributed by atoms with Crippen LogP contribution in [0.4, 0.5) is 0 Å². The van der Waals surface area contributed by atoms with Crippen LogP contribution in [-0.2, 0) is 28.7 Å². The van der Waals surface area contributed by atoms with Gasteiger partial charge in [0.25, 0.3) is 0 Å². The number of carbonyl (C=O) groups is 4. The van der Waals surface area contributed by atoms with Crippen LogP contribution < -0.4 is 5.32 Å². The molecule has 194 valence electrons. The number of allylic oxidation sites excluding steroid dienone is 3. The highest BCUT2D eigenvalue weighted by molar-refractivity contribution is 5.97. The van der Waals surface area contributed by atoms with Gasteiger partial charge >= 0.3 is 5.97 Å². The van der Waals surface area contributed by atoms with E-state index in [0.717, 1.165) is 6.42 Å². The van der Waals surface area contributed by atoms with Gasteiger partial charge in [-0.05, 0) is 44.1 Å². The number of nitrogens with one attached hydrogen (secondary N) is 1. The van der Waals surface area contributed by atoms with Crippen molar-refractivity contribution in [2.75, 3.05) is 7.11 Å². The number of esters is 1. The average Bonchev–Trinajstić information content (AvgIpc) is 2.79. The van der Waals surface area contributed by atoms with Gasteiger partial charge in [-0.3, -0.25) is 19.7 Å². The number of carbonyl (C=O) groups excluding carboxylic acids is 4. The second kappa shape index (κ2) is 14.1. The van der Waals surface area contributed by atoms with Crippen LogP contribution in [0.5, 0.6) is 0 Å². The third kappa shape index (κ3) is 9.18. The van der Waals surface area contributed by atoms with Gasteiger partial charge in [-0.1, -0.05) is 38.2 Å². The van der Waals surface area contributed by atoms with Crippen LogP contribution in [0.3, 0.4) is 0 Å². The number of aliphatic hydroxyl groups excluding tert-OH is 1. The minimum absolute atomic E-state index is 0.0227. The zero-order chi connectivity index (χ0) is 26.0. The van der Waals surface area contributed by atoms with Crippen molar-refractivity contribution in [2.24, 2.45) is 17.8 Å². The predicted molar refractivity (Wildman–Crippen MR) is 131 cm³/mol. The number of methoxy groups -OCH3 is 1. The van der Waals surface area contributed by atoms with Crippen LogP contribution in [0.1, 0.15) is 65.7 Å². The number of piperidine rings is 1. The van der Waals surface area contributed by atoms with E-state index in [2.05, 4.69) is 5.32 Å². The minimum atomic E-state index is -0.915. The van der Waals surface area contributed by atoms with E-state index in [-0.39, 0.29) is 23.5 Å². The van der Waals surface area contributed by atoms with Crippen LogP contribution in [0, 0.1) is 17.8 Å². The standard InChI is InChI=1S/C27H39NO7/c1-17(21(29)11-9-10-20-15-23(30)28-24(31)16-20)14-18(2)27-19(3)26(33)22(34-4)12-7-5-6-8-13-25(32)35-27/h7-8,12-14,17,19-20,22,26-27,33H,5-6,9-11,15-16H2,1-4H3,(H,28,30,31)/b12-7+,13-8+,18-14+/t17-,19-,22-,26-,27?/m0/s1. The number of cyclic esters (lactones) is 1. The summed E-state index contributed by atoms with van der Waals surface area (Å²) in [7, 11) is 1.52. The lowest BCUT2D eigenvalue weighted by atomic mass is 9.87. The summed E-state index contributed by atoms with van der Waals surface area (Å²) in [5.74, 6) is -1.89. The Morgan fingerprint density at radius 1 is 1.23 bits per heavy atom. The Kier molecular flexibility index (Phi) is 11.5. The summed E-state index contributed by atoms with van der Waals surface area (Å²) in [5, 5.41) is 13.2. The molecule has 0 bridgehead atoms. The Hall–Kier alpha value is -2.58. The lowest BCUT2D eigenvalue weighted by molar-refractivity contribution is -0.147. The van der Waals surface area contributed by atoms with Gasteiger partial charge in [0.1, 0.15) is 18.0 Å². The Balaban J connectivity index is 2.05. The number of Topliss-reactive ketones (excluding diaryl/α,β-unsaturated/α-hetero) is 1. The van der Waals surface area contributed by atoms with Crippen LogP contribution in [0.15, 0.2) is 36.0 Å². The minimum Gasteiger partial charge on any atom is -0.454 e. The molecule has 0 aliphatic carbocycles. The quantitative estimate of drug-likeness (QED) is 0.305. The molecule has 0 spiro atoms. The molecule has 2 aliphatic rings. The molecule has 0 aromatic rings. The molecule has 0 aromatic heterocycles. The van der Waals surface area contributed by atoms with Gasteiger partial charge in [0.15, 0.2) is 0 Å². The van der Waals surface area contributed by atoms with Gasteiger partial charge in [-0.15, -0.1) is 0 Å². The molecule has 0 radical (unpaired) electrons. The summed E-state index contributed by atoms with van der Waals surface area (Å²) in [5.41, 5.74) is 0.685. The predicted octanol–water partition coefficient (Wildman–Crippen LogP) is 3.19. The van der Waals surface area contributed by atoms with Crippen molar-refractivity contribution in [3.05, 3.63) is 36.0 Å². The van der Waals surface area contributed by atoms with Crippen molar-refractivity contribution in [1.29, 1.82) is 0 Å². The van der Waals surface area contributed by atoms with E-state index in [4.69, 9.17) is 9.47 Å². The number of ketones is 1. The molecule has 8 nitrogen and oxygen atoms in total. The van der Waals surface area contributed by atoms with Gasteiger partial charge in [-0.2, -0.15) is 0 Å². The Bertz CT molecular complexity index is 844. The average molecular weight is 490 g/mol. The summed E-state index contributed by atoms with van der Waals surface area (Å²) < 4.78 is 11.2. The maximum absolute atomic E-state index is 12.8. The molecule has 1 unspecified atom stereocenters. The van der Waals surface area contributed by atoms with E-state index in [1.807, 2.05) is 12.2 Å². The molecular weight excluding hydrogens is 450 g/mol. The number of aliphatic hydroxyl groups is 1. The summed E-state index contributed by atoms with van der Waals surface area (Å²) >= 11 is 0. The van der Waals surface area contributed by atoms with Crippen molar-refractivity contribution in [3.63, 3.8) is 0 Å². The summed E-state index contributed by atoms with van der Waals surface area (Å²) in [6.45, 7) is 5.39. The molecule has 1 saturated heterocycles. The van der Waals surface area contributed by atoms with Crippen molar-refractivity contribution in [3.8, 4) is 0 Å². The van der Waals surface area contributed by atoms with Crippen LogP contribution in [-0.4, -0.2) is 54.1 Å². The van der Waals surface area contributed by atoms with Crippen molar-refractivity contribution >= 4 is 23.6 Å². The van der Waals surface area contributed by atoms with E-state index >= 15 is 0 Å². The molecule has 1 fully saturated rings. The number of amides is 2. The number of hydrogen-bond acceptors (Lipinski definition) is 7. The first-order valence-electron chi connectivity index (χ1n) is 12.4. The number of rotatable bonds is 8. The molecule has 2 amide bonds. The molecule has 5 atom stereocenters. The summed E-state index contributed by atoms with van der Waals surface area (Å²) in [4.78, 5) is 48.2. The topological polar surface area (TPSA) is 119 Å². The van der Waals surface area contributed by atoms with Gasteiger partial charge < -0.3 is 14.6 Å². The molecular formula is C27H39NO7. The maximum Gasteiger partial charge on any atom is 0.331 e. The second-order valence-electron chi connectivity index (χ2n) is 9.62. The van der Waals surface area contributed by atoms with E-state index in [0.29, 0.717) is 44.1 Å². The summed E-state index contributed by atoms with van der Waals surface area (Å²) in [6, 6.07) is 0. The maximum atomic E-state index is 12.8. The first-order valence-corrected chi connectivity index (χ1v) is 12.4. The van der Waals surface area contributed by atoms with Crippen molar-refractivity contribution < 1.29 is 33.8 Å². The lowest BCUT2D eigenvalue weighted by Crippen LogP contribution is -2.41. The Labute approximate surface area is 207 Å². The van der Waals surface area contributed by atoms with Crippen LogP contribution in [0.25, 0.3) is 0 Å². The van der Waals surface area contributed by atoms with E-state index in [9.17, 15) is 24.3 Å². The van der Waals surface area contributed by atoms with E-state index in [1.165, 1.54) is 13.2 Å². The fraction of sp³-hybridized carbons (Fsp3) is 0.630. The van der Waals surface area contributed by atoms with Gasteiger partial charge in [0.2, 0.25) is 11.8 Å². The Morgan fingerprint density at radius 3 is 2.54 bits per heavy atom. The van der Waals surface area contributed by atoms with Gasteiger partial charge in [0.05, 0.1) is 6.10 Å². The zero-order valence-electron chi connectivity index (χ0n) is 21.2. The first kappa shape index (κ1) is 28.7. The van der Waals surface area contributed by atoms with Crippen LogP contribution in [0.2, 0.25) is 0 Å². The molecule has 2 heterocycles. The molecule has 2 N–H and O–H groups in total. The molecule has 0 saturated carbocycles. The fourth-order valence-corrected chi connectivity index (χ4v) is 4.62. The molecule has 35 heavy (non-hydrogen) atoms. The highest BCUT2D eigenvalue weighted by atomic mass is 16.5. The number of imide groups is 1. The fourth-order valence-electron chi connectivity index (χ4n) is 4.62. The number of hydrogen-bond donors (Lipinski definition) is 2. The summed E-state index contributed by atoms with van der Waals surface area (Å²) in [6.07, 6.45) is 10.1. The molecule has 8 heteroatoms. The Morgan fingerprint density at radius 2 is 1.89 bits per heavy atom. The SMILES string of the molecule is CO[C@H]1/C=C/CC/C=C/C(=O)OC(/C(C)=C/[C@H](C)C(=O)CCCC2CC(=O)NC(=O)C2)[C@@H](C)[C@@H]1O. The van der Waals surface area contributed by atoms with Crippen molar-refractivity contribution in [1.82, 2.24) is 5.32 Å². The smallest absolute Gasteiger partial charge is 0.331 e. The highest BCUT2D eigenvalue weighted by Gasteiger charge is 2.33. The lowest BCUT2D eigenvalue weighted by Gasteiger charge is -2.31. The van der Waals surface area contributed by atoms with E-state index < -0.39 is 36.1 Å². The monoisotopic (exact) mass is 489 g/mol. The normalized spacial score (nSPS) is 29.9. The highest BCUT2D eigenvalue weighted by Crippen LogP contribution is 2.26. The third-order valence-corrected chi connectivity index (χ3v) is 6.68. The third-order valence-electron chi connectivity index (χ3n) is 6.68. The largest absolute Gasteiger partial charge is 0.454 e. The first-order chi connectivity index (χ1) is 16.6. The van der Waals surface area contributed by atoms with Gasteiger partial charge in [0, 0.05) is 44.3 Å². The van der Waals surface area contributed by atoms with Crippen LogP contribution >= 0.6 is 0 Å². The van der Waals surface area contributed by atoms with Crippen molar-refractivity contribution in [2.45, 2.75) is 84.0 Å². The second-order valence-corrected chi connectivity index (χ2v) is 9.62.